The molecule has 0 amide bonds. The van der Waals surface area contributed by atoms with E-state index in [1.54, 1.807) is 0 Å². The predicted molar refractivity (Wildman–Crippen MR) is 86.4 cm³/mol. The van der Waals surface area contributed by atoms with Gasteiger partial charge in [0.1, 0.15) is 5.75 Å². The third kappa shape index (κ3) is 5.33. The molecule has 3 heteroatoms. The summed E-state index contributed by atoms with van der Waals surface area (Å²) >= 11 is 0. The SMILES string of the molecule is CC1CC(C)CC(OCCCOc2ccccc2CN)C1. The highest BCUT2D eigenvalue weighted by molar-refractivity contribution is 5.32. The van der Waals surface area contributed by atoms with Crippen LogP contribution >= 0.6 is 0 Å². The Morgan fingerprint density at radius 3 is 2.48 bits per heavy atom. The Kier molecular flexibility index (Phi) is 6.52. The van der Waals surface area contributed by atoms with Crippen molar-refractivity contribution in [2.45, 2.75) is 52.2 Å². The van der Waals surface area contributed by atoms with Gasteiger partial charge in [0.2, 0.25) is 0 Å². The van der Waals surface area contributed by atoms with Crippen molar-refractivity contribution < 1.29 is 9.47 Å². The number of hydrogen-bond acceptors (Lipinski definition) is 3. The molecule has 0 spiro atoms. The molecule has 1 aliphatic carbocycles. The van der Waals surface area contributed by atoms with Gasteiger partial charge in [0.15, 0.2) is 0 Å². The topological polar surface area (TPSA) is 44.5 Å². The highest BCUT2D eigenvalue weighted by atomic mass is 16.5. The molecule has 0 radical (unpaired) electrons. The van der Waals surface area contributed by atoms with Crippen LogP contribution in [0.25, 0.3) is 0 Å². The molecule has 21 heavy (non-hydrogen) atoms. The summed E-state index contributed by atoms with van der Waals surface area (Å²) in [5, 5.41) is 0. The third-order valence-corrected chi connectivity index (χ3v) is 4.23. The van der Waals surface area contributed by atoms with E-state index in [0.717, 1.165) is 36.2 Å². The number of rotatable bonds is 7. The molecule has 118 valence electrons. The second-order valence-electron chi connectivity index (χ2n) is 6.42. The summed E-state index contributed by atoms with van der Waals surface area (Å²) in [7, 11) is 0. The lowest BCUT2D eigenvalue weighted by molar-refractivity contribution is -0.00322. The van der Waals surface area contributed by atoms with Crippen molar-refractivity contribution in [1.29, 1.82) is 0 Å². The fourth-order valence-electron chi connectivity index (χ4n) is 3.31. The summed E-state index contributed by atoms with van der Waals surface area (Å²) in [6.07, 6.45) is 5.14. The van der Waals surface area contributed by atoms with Crippen LogP contribution < -0.4 is 10.5 Å². The summed E-state index contributed by atoms with van der Waals surface area (Å²) in [6, 6.07) is 7.96. The van der Waals surface area contributed by atoms with Gasteiger partial charge in [-0.05, 0) is 37.2 Å². The van der Waals surface area contributed by atoms with Crippen molar-refractivity contribution in [1.82, 2.24) is 0 Å². The lowest BCUT2D eigenvalue weighted by Gasteiger charge is -2.31. The van der Waals surface area contributed by atoms with Crippen LogP contribution in [0.5, 0.6) is 5.75 Å². The summed E-state index contributed by atoms with van der Waals surface area (Å²) < 4.78 is 11.8. The number of benzene rings is 1. The Labute approximate surface area is 128 Å². The van der Waals surface area contributed by atoms with E-state index in [0.29, 0.717) is 19.3 Å². The van der Waals surface area contributed by atoms with Crippen LogP contribution in [0.3, 0.4) is 0 Å². The number of para-hydroxylation sites is 1. The second-order valence-corrected chi connectivity index (χ2v) is 6.42. The molecule has 0 aromatic heterocycles. The summed E-state index contributed by atoms with van der Waals surface area (Å²) in [5.41, 5.74) is 6.76. The van der Waals surface area contributed by atoms with Gasteiger partial charge in [-0.25, -0.2) is 0 Å². The first-order valence-corrected chi connectivity index (χ1v) is 8.21. The molecule has 2 N–H and O–H groups in total. The average Bonchev–Trinajstić information content (AvgIpc) is 2.46. The van der Waals surface area contributed by atoms with Gasteiger partial charge in [0.05, 0.1) is 19.3 Å². The van der Waals surface area contributed by atoms with E-state index < -0.39 is 0 Å². The summed E-state index contributed by atoms with van der Waals surface area (Å²) in [6.45, 7) is 6.66. The summed E-state index contributed by atoms with van der Waals surface area (Å²) in [5.74, 6) is 2.50. The number of ether oxygens (including phenoxy) is 2. The maximum Gasteiger partial charge on any atom is 0.123 e. The molecule has 1 saturated carbocycles. The molecule has 2 rings (SSSR count). The van der Waals surface area contributed by atoms with Crippen LogP contribution in [0, 0.1) is 11.8 Å². The minimum absolute atomic E-state index is 0.445. The van der Waals surface area contributed by atoms with Gasteiger partial charge in [-0.2, -0.15) is 0 Å². The smallest absolute Gasteiger partial charge is 0.123 e. The van der Waals surface area contributed by atoms with Gasteiger partial charge < -0.3 is 15.2 Å². The van der Waals surface area contributed by atoms with Crippen molar-refractivity contribution in [3.8, 4) is 5.75 Å². The zero-order chi connectivity index (χ0) is 15.1. The first kappa shape index (κ1) is 16.3. The van der Waals surface area contributed by atoms with Gasteiger partial charge >= 0.3 is 0 Å². The maximum absolute atomic E-state index is 6.01. The molecule has 2 atom stereocenters. The molecule has 1 aliphatic rings. The Bertz CT molecular complexity index is 411. The largest absolute Gasteiger partial charge is 0.493 e. The van der Waals surface area contributed by atoms with Gasteiger partial charge in [-0.1, -0.05) is 32.0 Å². The fraction of sp³-hybridized carbons (Fsp3) is 0.667. The minimum atomic E-state index is 0.445. The molecule has 2 unspecified atom stereocenters. The Morgan fingerprint density at radius 2 is 1.76 bits per heavy atom. The number of nitrogens with two attached hydrogens (primary N) is 1. The maximum atomic E-state index is 6.01. The van der Waals surface area contributed by atoms with Crippen LogP contribution in [-0.2, 0) is 11.3 Å². The number of hydrogen-bond donors (Lipinski definition) is 1. The van der Waals surface area contributed by atoms with Crippen LogP contribution in [0.15, 0.2) is 24.3 Å². The standard InChI is InChI=1S/C18H29NO2/c1-14-10-15(2)12-17(11-14)20-8-5-9-21-18-7-4-3-6-16(18)13-19/h3-4,6-7,14-15,17H,5,8-13,19H2,1-2H3. The minimum Gasteiger partial charge on any atom is -0.493 e. The zero-order valence-corrected chi connectivity index (χ0v) is 13.4. The molecule has 1 fully saturated rings. The normalized spacial score (nSPS) is 25.8. The molecule has 0 saturated heterocycles. The van der Waals surface area contributed by atoms with E-state index in [2.05, 4.69) is 13.8 Å². The Morgan fingerprint density at radius 1 is 1.05 bits per heavy atom. The van der Waals surface area contributed by atoms with E-state index in [1.807, 2.05) is 24.3 Å². The third-order valence-electron chi connectivity index (χ3n) is 4.23. The molecular weight excluding hydrogens is 262 g/mol. The van der Waals surface area contributed by atoms with Gasteiger partial charge in [-0.3, -0.25) is 0 Å². The van der Waals surface area contributed by atoms with Crippen molar-refractivity contribution in [3.05, 3.63) is 29.8 Å². The molecule has 0 aliphatic heterocycles. The van der Waals surface area contributed by atoms with Crippen LogP contribution in [-0.4, -0.2) is 19.3 Å². The zero-order valence-electron chi connectivity index (χ0n) is 13.4. The van der Waals surface area contributed by atoms with Gasteiger partial charge in [0, 0.05) is 18.5 Å². The van der Waals surface area contributed by atoms with Gasteiger partial charge in [0.25, 0.3) is 0 Å². The van der Waals surface area contributed by atoms with Crippen LogP contribution in [0.4, 0.5) is 0 Å². The first-order valence-electron chi connectivity index (χ1n) is 8.21. The van der Waals surface area contributed by atoms with E-state index in [-0.39, 0.29) is 0 Å². The molecule has 0 bridgehead atoms. The molecule has 3 nitrogen and oxygen atoms in total. The van der Waals surface area contributed by atoms with E-state index in [1.165, 1.54) is 19.3 Å². The van der Waals surface area contributed by atoms with Crippen molar-refractivity contribution in [2.75, 3.05) is 13.2 Å². The lowest BCUT2D eigenvalue weighted by atomic mass is 9.82. The Balaban J connectivity index is 1.64. The molecule has 1 aromatic rings. The van der Waals surface area contributed by atoms with Crippen LogP contribution in [0.1, 0.15) is 45.1 Å². The highest BCUT2D eigenvalue weighted by Gasteiger charge is 2.24. The average molecular weight is 291 g/mol. The van der Waals surface area contributed by atoms with E-state index in [9.17, 15) is 0 Å². The second kappa shape index (κ2) is 8.40. The molecule has 1 aromatic carbocycles. The van der Waals surface area contributed by atoms with Crippen LogP contribution in [0.2, 0.25) is 0 Å². The highest BCUT2D eigenvalue weighted by Crippen LogP contribution is 2.30. The van der Waals surface area contributed by atoms with E-state index >= 15 is 0 Å². The van der Waals surface area contributed by atoms with Crippen molar-refractivity contribution in [2.24, 2.45) is 17.6 Å². The fourth-order valence-corrected chi connectivity index (χ4v) is 3.31. The lowest BCUT2D eigenvalue weighted by Crippen LogP contribution is -2.26. The Hall–Kier alpha value is -1.06. The van der Waals surface area contributed by atoms with E-state index in [4.69, 9.17) is 15.2 Å². The van der Waals surface area contributed by atoms with Gasteiger partial charge in [-0.15, -0.1) is 0 Å². The first-order chi connectivity index (χ1) is 10.2. The quantitative estimate of drug-likeness (QED) is 0.778. The molecule has 0 heterocycles. The predicted octanol–water partition coefficient (Wildman–Crippen LogP) is 3.76. The van der Waals surface area contributed by atoms with Crippen molar-refractivity contribution in [3.63, 3.8) is 0 Å². The summed E-state index contributed by atoms with van der Waals surface area (Å²) in [4.78, 5) is 0. The monoisotopic (exact) mass is 291 g/mol. The molecular formula is C18H29NO2. The van der Waals surface area contributed by atoms with Crippen molar-refractivity contribution >= 4 is 0 Å².